The van der Waals surface area contributed by atoms with Crippen LogP contribution in [-0.2, 0) is 11.3 Å². The molecule has 0 saturated carbocycles. The minimum absolute atomic E-state index is 0.0409. The molecule has 0 saturated heterocycles. The average molecular weight is 419 g/mol. The van der Waals surface area contributed by atoms with Gasteiger partial charge in [-0.15, -0.1) is 0 Å². The number of nitrogens with one attached hydrogen (secondary N) is 3. The molecule has 0 bridgehead atoms. The van der Waals surface area contributed by atoms with E-state index in [1.165, 1.54) is 0 Å². The van der Waals surface area contributed by atoms with Crippen molar-refractivity contribution in [3.05, 3.63) is 90.0 Å². The summed E-state index contributed by atoms with van der Waals surface area (Å²) in [5.74, 6) is 0.567. The fraction of sp³-hybridized carbons (Fsp3) is 0.200. The van der Waals surface area contributed by atoms with Crippen molar-refractivity contribution in [2.45, 2.75) is 13.5 Å². The molecule has 0 radical (unpaired) electrons. The summed E-state index contributed by atoms with van der Waals surface area (Å²) in [7, 11) is 1.61. The Labute approximate surface area is 182 Å². The van der Waals surface area contributed by atoms with Gasteiger partial charge in [-0.25, -0.2) is 0 Å². The number of anilines is 2. The van der Waals surface area contributed by atoms with Crippen LogP contribution in [0, 0.1) is 0 Å². The van der Waals surface area contributed by atoms with E-state index < -0.39 is 0 Å². The number of rotatable bonds is 9. The number of carbonyl (C=O) groups excluding carboxylic acids is 2. The highest BCUT2D eigenvalue weighted by atomic mass is 16.5. The molecule has 3 rings (SSSR count). The van der Waals surface area contributed by atoms with E-state index in [-0.39, 0.29) is 11.8 Å². The van der Waals surface area contributed by atoms with Crippen LogP contribution in [0.2, 0.25) is 0 Å². The molecule has 0 fully saturated rings. The third-order valence-electron chi connectivity index (χ3n) is 4.99. The van der Waals surface area contributed by atoms with Crippen LogP contribution in [0.5, 0.6) is 5.75 Å². The molecule has 0 aliphatic rings. The monoisotopic (exact) mass is 418 g/mol. The predicted octanol–water partition coefficient (Wildman–Crippen LogP) is 2.99. The first-order chi connectivity index (χ1) is 15.1. The van der Waals surface area contributed by atoms with E-state index in [0.717, 1.165) is 34.1 Å². The fourth-order valence-corrected chi connectivity index (χ4v) is 3.21. The number of benzene rings is 3. The minimum atomic E-state index is -0.142. The third-order valence-corrected chi connectivity index (χ3v) is 4.99. The molecule has 6 nitrogen and oxygen atoms in total. The maximum atomic E-state index is 12.4. The summed E-state index contributed by atoms with van der Waals surface area (Å²) in [4.78, 5) is 25.9. The van der Waals surface area contributed by atoms with E-state index in [1.807, 2.05) is 78.9 Å². The lowest BCUT2D eigenvalue weighted by Gasteiger charge is -2.17. The second kappa shape index (κ2) is 10.9. The molecular formula is C25H28N3O3+. The molecular weight excluding hydrogens is 390 g/mol. The van der Waals surface area contributed by atoms with Gasteiger partial charge in [0, 0.05) is 22.5 Å². The summed E-state index contributed by atoms with van der Waals surface area (Å²) in [6.07, 6.45) is 0. The quantitative estimate of drug-likeness (QED) is 0.500. The minimum Gasteiger partial charge on any atom is -0.497 e. The van der Waals surface area contributed by atoms with Crippen LogP contribution in [-0.4, -0.2) is 32.0 Å². The zero-order chi connectivity index (χ0) is 22.1. The lowest BCUT2D eigenvalue weighted by Crippen LogP contribution is -3.11. The zero-order valence-electron chi connectivity index (χ0n) is 17.9. The first kappa shape index (κ1) is 22.1. The smallest absolute Gasteiger partial charge is 0.279 e. The lowest BCUT2D eigenvalue weighted by atomic mass is 10.1. The Kier molecular flexibility index (Phi) is 7.79. The van der Waals surface area contributed by atoms with Crippen molar-refractivity contribution >= 4 is 23.2 Å². The van der Waals surface area contributed by atoms with Gasteiger partial charge in [0.15, 0.2) is 6.54 Å². The van der Waals surface area contributed by atoms with Crippen LogP contribution >= 0.6 is 0 Å². The molecule has 31 heavy (non-hydrogen) atoms. The van der Waals surface area contributed by atoms with Crippen LogP contribution in [0.15, 0.2) is 78.9 Å². The molecule has 0 aliphatic carbocycles. The number of hydrogen-bond donors (Lipinski definition) is 3. The van der Waals surface area contributed by atoms with Gasteiger partial charge in [0.05, 0.1) is 13.7 Å². The Bertz CT molecular complexity index is 987. The van der Waals surface area contributed by atoms with Gasteiger partial charge in [-0.2, -0.15) is 0 Å². The second-order valence-corrected chi connectivity index (χ2v) is 7.25. The number of likely N-dealkylation sites (N-methyl/N-ethyl adjacent to an activating group) is 1. The molecule has 0 spiro atoms. The van der Waals surface area contributed by atoms with Crippen LogP contribution in [0.4, 0.5) is 11.4 Å². The molecule has 1 unspecified atom stereocenters. The van der Waals surface area contributed by atoms with Gasteiger partial charge >= 0.3 is 0 Å². The lowest BCUT2D eigenvalue weighted by molar-refractivity contribution is -0.903. The van der Waals surface area contributed by atoms with Crippen LogP contribution in [0.25, 0.3) is 0 Å². The third kappa shape index (κ3) is 6.69. The van der Waals surface area contributed by atoms with Crippen molar-refractivity contribution < 1.29 is 19.2 Å². The Morgan fingerprint density at radius 1 is 0.839 bits per heavy atom. The molecule has 2 amide bonds. The van der Waals surface area contributed by atoms with Crippen molar-refractivity contribution in [3.8, 4) is 5.75 Å². The van der Waals surface area contributed by atoms with E-state index in [0.29, 0.717) is 18.7 Å². The van der Waals surface area contributed by atoms with Gasteiger partial charge in [-0.1, -0.05) is 30.3 Å². The Morgan fingerprint density at radius 2 is 1.48 bits per heavy atom. The summed E-state index contributed by atoms with van der Waals surface area (Å²) in [6, 6.07) is 24.2. The van der Waals surface area contributed by atoms with Crippen molar-refractivity contribution in [1.82, 2.24) is 0 Å². The number of ether oxygens (including phenoxy) is 1. The number of hydrogen-bond acceptors (Lipinski definition) is 3. The van der Waals surface area contributed by atoms with Gasteiger partial charge in [0.2, 0.25) is 0 Å². The van der Waals surface area contributed by atoms with Crippen molar-refractivity contribution in [2.24, 2.45) is 0 Å². The summed E-state index contributed by atoms with van der Waals surface area (Å²) in [5.41, 5.74) is 3.18. The second-order valence-electron chi connectivity index (χ2n) is 7.25. The van der Waals surface area contributed by atoms with Gasteiger partial charge in [0.1, 0.15) is 12.3 Å². The van der Waals surface area contributed by atoms with E-state index in [2.05, 4.69) is 17.6 Å². The average Bonchev–Trinajstić information content (AvgIpc) is 2.80. The van der Waals surface area contributed by atoms with Crippen LogP contribution in [0.3, 0.4) is 0 Å². The van der Waals surface area contributed by atoms with Gasteiger partial charge in [0.25, 0.3) is 11.8 Å². The van der Waals surface area contributed by atoms with Crippen molar-refractivity contribution in [1.29, 1.82) is 0 Å². The molecule has 3 aromatic carbocycles. The molecule has 0 aliphatic heterocycles. The molecule has 160 valence electrons. The molecule has 0 aromatic heterocycles. The normalized spacial score (nSPS) is 11.4. The summed E-state index contributed by atoms with van der Waals surface area (Å²) < 4.78 is 5.13. The molecule has 3 N–H and O–H groups in total. The number of carbonyl (C=O) groups is 2. The number of methoxy groups -OCH3 is 1. The molecule has 1 atom stereocenters. The predicted molar refractivity (Wildman–Crippen MR) is 123 cm³/mol. The summed E-state index contributed by atoms with van der Waals surface area (Å²) in [6.45, 7) is 3.93. The first-order valence-corrected chi connectivity index (χ1v) is 10.3. The van der Waals surface area contributed by atoms with E-state index in [1.54, 1.807) is 7.11 Å². The maximum Gasteiger partial charge on any atom is 0.279 e. The number of para-hydroxylation sites is 1. The SMILES string of the molecule is CC[NH+](CC(=O)Nc1ccc(OC)cc1)Cc1ccc(C(=O)Nc2ccccc2)cc1. The maximum absolute atomic E-state index is 12.4. The largest absolute Gasteiger partial charge is 0.497 e. The molecule has 6 heteroatoms. The zero-order valence-corrected chi connectivity index (χ0v) is 17.9. The highest BCUT2D eigenvalue weighted by molar-refractivity contribution is 6.04. The highest BCUT2D eigenvalue weighted by Crippen LogP contribution is 2.14. The van der Waals surface area contributed by atoms with Crippen LogP contribution < -0.4 is 20.3 Å². The Hall–Kier alpha value is -3.64. The number of amides is 2. The van der Waals surface area contributed by atoms with E-state index in [4.69, 9.17) is 4.74 Å². The Balaban J connectivity index is 1.53. The summed E-state index contributed by atoms with van der Waals surface area (Å²) in [5, 5.41) is 5.80. The van der Waals surface area contributed by atoms with Gasteiger partial charge in [-0.05, 0) is 55.5 Å². The van der Waals surface area contributed by atoms with E-state index in [9.17, 15) is 9.59 Å². The standard InChI is InChI=1S/C25H27N3O3/c1-3-28(18-24(29)26-22-13-15-23(31-2)16-14-22)17-19-9-11-20(12-10-19)25(30)27-21-7-5-4-6-8-21/h4-16H,3,17-18H2,1-2H3,(H,26,29)(H,27,30)/p+1. The fourth-order valence-electron chi connectivity index (χ4n) is 3.21. The van der Waals surface area contributed by atoms with Gasteiger partial charge < -0.3 is 20.3 Å². The molecule has 0 heterocycles. The number of quaternary nitrogens is 1. The van der Waals surface area contributed by atoms with Crippen LogP contribution in [0.1, 0.15) is 22.8 Å². The first-order valence-electron chi connectivity index (χ1n) is 10.3. The van der Waals surface area contributed by atoms with Crippen molar-refractivity contribution in [3.63, 3.8) is 0 Å². The summed E-state index contributed by atoms with van der Waals surface area (Å²) >= 11 is 0. The van der Waals surface area contributed by atoms with Gasteiger partial charge in [-0.3, -0.25) is 9.59 Å². The van der Waals surface area contributed by atoms with E-state index >= 15 is 0 Å². The topological polar surface area (TPSA) is 71.9 Å². The molecule has 3 aromatic rings. The Morgan fingerprint density at radius 3 is 2.10 bits per heavy atom. The highest BCUT2D eigenvalue weighted by Gasteiger charge is 2.14. The van der Waals surface area contributed by atoms with Crippen molar-refractivity contribution in [2.75, 3.05) is 30.8 Å².